The van der Waals surface area contributed by atoms with Crippen molar-refractivity contribution in [1.29, 1.82) is 0 Å². The second kappa shape index (κ2) is 9.75. The van der Waals surface area contributed by atoms with E-state index in [0.717, 1.165) is 38.7 Å². The highest BCUT2D eigenvalue weighted by Gasteiger charge is 2.20. The Morgan fingerprint density at radius 2 is 1.87 bits per heavy atom. The molecule has 0 radical (unpaired) electrons. The van der Waals surface area contributed by atoms with Crippen molar-refractivity contribution in [2.24, 2.45) is 4.99 Å². The molecule has 1 saturated heterocycles. The van der Waals surface area contributed by atoms with Gasteiger partial charge in [-0.05, 0) is 19.4 Å². The van der Waals surface area contributed by atoms with Crippen LogP contribution in [0.3, 0.4) is 0 Å². The Bertz CT molecular complexity index is 539. The van der Waals surface area contributed by atoms with Crippen molar-refractivity contribution in [2.45, 2.75) is 27.3 Å². The molecule has 0 unspecified atom stereocenters. The van der Waals surface area contributed by atoms with Gasteiger partial charge in [0.25, 0.3) is 0 Å². The highest BCUT2D eigenvalue weighted by molar-refractivity contribution is 14.0. The number of carbonyl (C=O) groups excluding carboxylic acids is 1. The number of nitrogens with zero attached hydrogens (tertiary/aromatic N) is 3. The fourth-order valence-corrected chi connectivity index (χ4v) is 2.64. The number of guanidine groups is 1. The van der Waals surface area contributed by atoms with E-state index in [9.17, 15) is 4.79 Å². The van der Waals surface area contributed by atoms with E-state index >= 15 is 0 Å². The summed E-state index contributed by atoms with van der Waals surface area (Å²) in [6, 6.07) is 8.44. The zero-order chi connectivity index (χ0) is 15.9. The maximum Gasteiger partial charge on any atom is 0.219 e. The molecule has 0 saturated carbocycles. The lowest BCUT2D eigenvalue weighted by molar-refractivity contribution is -0.130. The smallest absolute Gasteiger partial charge is 0.219 e. The molecule has 6 heteroatoms. The normalized spacial score (nSPS) is 15.2. The van der Waals surface area contributed by atoms with Crippen molar-refractivity contribution in [3.05, 3.63) is 35.4 Å². The number of nitrogens with one attached hydrogen (secondary N) is 1. The third-order valence-electron chi connectivity index (χ3n) is 3.85. The van der Waals surface area contributed by atoms with Crippen LogP contribution in [-0.4, -0.2) is 54.4 Å². The Morgan fingerprint density at radius 3 is 2.43 bits per heavy atom. The summed E-state index contributed by atoms with van der Waals surface area (Å²) in [5, 5.41) is 3.35. The van der Waals surface area contributed by atoms with E-state index in [1.165, 1.54) is 11.1 Å². The molecule has 0 aliphatic carbocycles. The van der Waals surface area contributed by atoms with Crippen LogP contribution < -0.4 is 5.32 Å². The van der Waals surface area contributed by atoms with Crippen LogP contribution in [0.4, 0.5) is 0 Å². The maximum atomic E-state index is 11.4. The summed E-state index contributed by atoms with van der Waals surface area (Å²) in [6.45, 7) is 10.5. The first kappa shape index (κ1) is 19.7. The number of aryl methyl sites for hydroxylation is 1. The Morgan fingerprint density at radius 1 is 1.22 bits per heavy atom. The number of hydrogen-bond donors (Lipinski definition) is 1. The third-order valence-corrected chi connectivity index (χ3v) is 3.85. The molecular formula is C17H27IN4O. The second-order valence-electron chi connectivity index (χ2n) is 5.65. The monoisotopic (exact) mass is 430 g/mol. The SMILES string of the molecule is CCNC(=NCc1cccc(C)c1)N1CCN(C(C)=O)CC1.I. The summed E-state index contributed by atoms with van der Waals surface area (Å²) in [5.41, 5.74) is 2.48. The predicted molar refractivity (Wildman–Crippen MR) is 105 cm³/mol. The standard InChI is InChI=1S/C17H26N4O.HI/c1-4-18-17(19-13-16-7-5-6-14(2)12-16)21-10-8-20(9-11-21)15(3)22;/h5-7,12H,4,8-11,13H2,1-3H3,(H,18,19);1H. The van der Waals surface area contributed by atoms with E-state index < -0.39 is 0 Å². The van der Waals surface area contributed by atoms with Crippen molar-refractivity contribution in [3.8, 4) is 0 Å². The predicted octanol–water partition coefficient (Wildman–Crippen LogP) is 2.24. The Kier molecular flexibility index (Phi) is 8.36. The van der Waals surface area contributed by atoms with Gasteiger partial charge in [-0.15, -0.1) is 24.0 Å². The van der Waals surface area contributed by atoms with E-state index in [-0.39, 0.29) is 29.9 Å². The zero-order valence-electron chi connectivity index (χ0n) is 14.2. The van der Waals surface area contributed by atoms with Gasteiger partial charge in [0.1, 0.15) is 0 Å². The number of amides is 1. The van der Waals surface area contributed by atoms with Gasteiger partial charge in [0.2, 0.25) is 5.91 Å². The highest BCUT2D eigenvalue weighted by atomic mass is 127. The Hall–Kier alpha value is -1.31. The summed E-state index contributed by atoms with van der Waals surface area (Å²) in [6.07, 6.45) is 0. The van der Waals surface area contributed by atoms with Crippen LogP contribution >= 0.6 is 24.0 Å². The van der Waals surface area contributed by atoms with Gasteiger partial charge in [-0.25, -0.2) is 4.99 Å². The molecule has 1 aliphatic heterocycles. The molecule has 5 nitrogen and oxygen atoms in total. The topological polar surface area (TPSA) is 47.9 Å². The number of hydrogen-bond acceptors (Lipinski definition) is 2. The van der Waals surface area contributed by atoms with Gasteiger partial charge in [0, 0.05) is 39.6 Å². The molecule has 0 spiro atoms. The first-order chi connectivity index (χ1) is 10.6. The summed E-state index contributed by atoms with van der Waals surface area (Å²) < 4.78 is 0. The lowest BCUT2D eigenvalue weighted by atomic mass is 10.1. The molecule has 1 amide bonds. The molecule has 1 N–H and O–H groups in total. The molecule has 2 rings (SSSR count). The highest BCUT2D eigenvalue weighted by Crippen LogP contribution is 2.07. The average Bonchev–Trinajstić information content (AvgIpc) is 2.51. The molecule has 0 bridgehead atoms. The van der Waals surface area contributed by atoms with E-state index in [1.54, 1.807) is 6.92 Å². The van der Waals surface area contributed by atoms with Gasteiger partial charge in [0.05, 0.1) is 6.54 Å². The molecule has 1 heterocycles. The number of halogens is 1. The van der Waals surface area contributed by atoms with Crippen molar-refractivity contribution < 1.29 is 4.79 Å². The first-order valence-electron chi connectivity index (χ1n) is 7.94. The van der Waals surface area contributed by atoms with Crippen molar-refractivity contribution >= 4 is 35.8 Å². The number of benzene rings is 1. The Labute approximate surface area is 156 Å². The summed E-state index contributed by atoms with van der Waals surface area (Å²) in [7, 11) is 0. The molecule has 1 fully saturated rings. The maximum absolute atomic E-state index is 11.4. The molecular weight excluding hydrogens is 403 g/mol. The van der Waals surface area contributed by atoms with Gasteiger partial charge in [-0.1, -0.05) is 29.8 Å². The molecule has 1 aliphatic rings. The van der Waals surface area contributed by atoms with E-state index in [0.29, 0.717) is 6.54 Å². The minimum atomic E-state index is 0. The molecule has 0 aromatic heterocycles. The summed E-state index contributed by atoms with van der Waals surface area (Å²) in [5.74, 6) is 1.09. The van der Waals surface area contributed by atoms with Crippen LogP contribution in [0.15, 0.2) is 29.3 Å². The van der Waals surface area contributed by atoms with Crippen LogP contribution in [0.25, 0.3) is 0 Å². The van der Waals surface area contributed by atoms with Gasteiger partial charge in [-0.2, -0.15) is 0 Å². The van der Waals surface area contributed by atoms with Crippen molar-refractivity contribution in [1.82, 2.24) is 15.1 Å². The zero-order valence-corrected chi connectivity index (χ0v) is 16.5. The number of piperazine rings is 1. The molecule has 128 valence electrons. The first-order valence-corrected chi connectivity index (χ1v) is 7.94. The van der Waals surface area contributed by atoms with Crippen molar-refractivity contribution in [3.63, 3.8) is 0 Å². The number of carbonyl (C=O) groups is 1. The van der Waals surface area contributed by atoms with Crippen LogP contribution in [0, 0.1) is 6.92 Å². The van der Waals surface area contributed by atoms with Gasteiger partial charge in [0.15, 0.2) is 5.96 Å². The van der Waals surface area contributed by atoms with Crippen LogP contribution in [0.2, 0.25) is 0 Å². The number of aliphatic imine (C=N–C) groups is 1. The fraction of sp³-hybridized carbons (Fsp3) is 0.529. The summed E-state index contributed by atoms with van der Waals surface area (Å²) >= 11 is 0. The van der Waals surface area contributed by atoms with Crippen LogP contribution in [0.5, 0.6) is 0 Å². The molecule has 23 heavy (non-hydrogen) atoms. The second-order valence-corrected chi connectivity index (χ2v) is 5.65. The summed E-state index contributed by atoms with van der Waals surface area (Å²) in [4.78, 5) is 20.3. The van der Waals surface area contributed by atoms with Gasteiger partial charge in [-0.3, -0.25) is 4.79 Å². The number of rotatable bonds is 3. The van der Waals surface area contributed by atoms with Crippen molar-refractivity contribution in [2.75, 3.05) is 32.7 Å². The van der Waals surface area contributed by atoms with Gasteiger partial charge < -0.3 is 15.1 Å². The minimum Gasteiger partial charge on any atom is -0.357 e. The third kappa shape index (κ3) is 6.01. The van der Waals surface area contributed by atoms with E-state index in [4.69, 9.17) is 4.99 Å². The molecule has 1 aromatic carbocycles. The lowest BCUT2D eigenvalue weighted by Crippen LogP contribution is -2.53. The quantitative estimate of drug-likeness (QED) is 0.455. The average molecular weight is 430 g/mol. The fourth-order valence-electron chi connectivity index (χ4n) is 2.64. The molecule has 1 aromatic rings. The minimum absolute atomic E-state index is 0. The largest absolute Gasteiger partial charge is 0.357 e. The van der Waals surface area contributed by atoms with E-state index in [2.05, 4.69) is 48.3 Å². The Balaban J connectivity index is 0.00000264. The molecule has 0 atom stereocenters. The van der Waals surface area contributed by atoms with Gasteiger partial charge >= 0.3 is 0 Å². The lowest BCUT2D eigenvalue weighted by Gasteiger charge is -2.36. The van der Waals surface area contributed by atoms with Crippen LogP contribution in [-0.2, 0) is 11.3 Å². The van der Waals surface area contributed by atoms with Crippen LogP contribution in [0.1, 0.15) is 25.0 Å². The van der Waals surface area contributed by atoms with E-state index in [1.807, 2.05) is 4.90 Å².